The van der Waals surface area contributed by atoms with Crippen molar-refractivity contribution in [2.75, 3.05) is 9.80 Å². The molecule has 1 unspecified atom stereocenters. The van der Waals surface area contributed by atoms with Crippen molar-refractivity contribution in [2.24, 2.45) is 0 Å². The van der Waals surface area contributed by atoms with Gasteiger partial charge in [-0.05, 0) is 111 Å². The van der Waals surface area contributed by atoms with Gasteiger partial charge in [-0.1, -0.05) is 152 Å². The Morgan fingerprint density at radius 2 is 0.827 bits per heavy atom. The molecule has 2 heteroatoms. The number of para-hydroxylation sites is 4. The topological polar surface area (TPSA) is 6.48 Å². The zero-order chi connectivity index (χ0) is 34.7. The Morgan fingerprint density at radius 1 is 0.385 bits per heavy atom. The quantitative estimate of drug-likeness (QED) is 0.159. The lowest BCUT2D eigenvalue weighted by atomic mass is 9.78. The first kappa shape index (κ1) is 31.3. The molecule has 2 nitrogen and oxygen atoms in total. The van der Waals surface area contributed by atoms with E-state index < -0.39 is 0 Å². The molecule has 8 aromatic rings. The van der Waals surface area contributed by atoms with Crippen LogP contribution in [-0.2, 0) is 6.42 Å². The summed E-state index contributed by atoms with van der Waals surface area (Å²) in [4.78, 5) is 4.85. The summed E-state index contributed by atoms with van der Waals surface area (Å²) in [7, 11) is 0. The third-order valence-electron chi connectivity index (χ3n) is 10.1. The Kier molecular flexibility index (Phi) is 8.40. The summed E-state index contributed by atoms with van der Waals surface area (Å²) in [6, 6.07) is 72.0. The van der Waals surface area contributed by atoms with E-state index in [0.717, 1.165) is 23.5 Å². The highest BCUT2D eigenvalue weighted by Gasteiger charge is 2.29. The summed E-state index contributed by atoms with van der Waals surface area (Å²) in [6.45, 7) is 0. The van der Waals surface area contributed by atoms with Crippen molar-refractivity contribution in [2.45, 2.75) is 12.5 Å². The minimum absolute atomic E-state index is 0.117. The number of anilines is 5. The van der Waals surface area contributed by atoms with E-state index in [-0.39, 0.29) is 6.04 Å². The minimum atomic E-state index is 0.117. The standard InChI is InChI=1S/C50H38N2/c1-7-19-37(20-8-1)49-45-33-31-44(52(41-27-15-5-16-28-41)42-29-17-6-18-30-42)36-48(45)50(38-21-9-2-10-22-38)46-34-32-43(35-47(46)49)51(39-23-11-3-12-24-39)40-25-13-4-14-26-40/h1-35,44H,36H2. The number of nitrogens with zero attached hydrogens (tertiary/aromatic N) is 2. The van der Waals surface area contributed by atoms with Gasteiger partial charge < -0.3 is 9.80 Å². The molecule has 1 aliphatic carbocycles. The summed E-state index contributed by atoms with van der Waals surface area (Å²) < 4.78 is 0. The molecular weight excluding hydrogens is 629 g/mol. The Morgan fingerprint density at radius 3 is 1.33 bits per heavy atom. The normalized spacial score (nSPS) is 13.4. The molecule has 0 aromatic heterocycles. The largest absolute Gasteiger partial charge is 0.334 e. The number of fused-ring (bicyclic) bond motifs is 2. The van der Waals surface area contributed by atoms with Crippen LogP contribution >= 0.6 is 0 Å². The van der Waals surface area contributed by atoms with Crippen molar-refractivity contribution in [1.29, 1.82) is 0 Å². The molecule has 0 aliphatic heterocycles. The Bertz CT molecular complexity index is 2380. The van der Waals surface area contributed by atoms with Crippen molar-refractivity contribution in [3.8, 4) is 22.3 Å². The molecule has 0 fully saturated rings. The van der Waals surface area contributed by atoms with Crippen molar-refractivity contribution in [3.05, 3.63) is 217 Å². The molecule has 52 heavy (non-hydrogen) atoms. The third kappa shape index (κ3) is 5.85. The molecule has 1 aliphatic rings. The van der Waals surface area contributed by atoms with E-state index in [0.29, 0.717) is 0 Å². The highest BCUT2D eigenvalue weighted by molar-refractivity contribution is 6.11. The smallest absolute Gasteiger partial charge is 0.0566 e. The molecule has 8 aromatic carbocycles. The van der Waals surface area contributed by atoms with E-state index in [1.54, 1.807) is 0 Å². The number of hydrogen-bond acceptors (Lipinski definition) is 2. The molecule has 9 rings (SSSR count). The number of benzene rings is 8. The zero-order valence-corrected chi connectivity index (χ0v) is 28.9. The number of hydrogen-bond donors (Lipinski definition) is 0. The summed E-state index contributed by atoms with van der Waals surface area (Å²) in [6.07, 6.45) is 5.67. The molecule has 0 N–H and O–H groups in total. The fourth-order valence-corrected chi connectivity index (χ4v) is 7.91. The highest BCUT2D eigenvalue weighted by atomic mass is 15.2. The van der Waals surface area contributed by atoms with E-state index in [1.807, 2.05) is 0 Å². The second kappa shape index (κ2) is 13.9. The van der Waals surface area contributed by atoms with Gasteiger partial charge in [0.2, 0.25) is 0 Å². The van der Waals surface area contributed by atoms with E-state index in [9.17, 15) is 0 Å². The molecule has 1 atom stereocenters. The van der Waals surface area contributed by atoms with Crippen LogP contribution in [0.4, 0.5) is 28.4 Å². The maximum absolute atomic E-state index is 2.49. The van der Waals surface area contributed by atoms with Gasteiger partial charge in [0.15, 0.2) is 0 Å². The van der Waals surface area contributed by atoms with E-state index in [2.05, 4.69) is 222 Å². The van der Waals surface area contributed by atoms with E-state index >= 15 is 0 Å². The Hall–Kier alpha value is -6.64. The molecular formula is C50H38N2. The van der Waals surface area contributed by atoms with E-state index in [4.69, 9.17) is 0 Å². The molecule has 0 heterocycles. The molecule has 0 spiro atoms. The highest BCUT2D eigenvalue weighted by Crippen LogP contribution is 2.48. The first-order chi connectivity index (χ1) is 25.8. The Labute approximate surface area is 306 Å². The molecule has 0 saturated carbocycles. The van der Waals surface area contributed by atoms with Crippen LogP contribution in [0.25, 0.3) is 39.1 Å². The SMILES string of the molecule is C1=CC(N(c2ccccc2)c2ccccc2)Cc2c1c(-c1ccccc1)c1cc(N(c3ccccc3)c3ccccc3)ccc1c2-c1ccccc1. The van der Waals surface area contributed by atoms with Crippen molar-refractivity contribution >= 4 is 45.3 Å². The molecule has 0 radical (unpaired) electrons. The predicted molar refractivity (Wildman–Crippen MR) is 221 cm³/mol. The third-order valence-corrected chi connectivity index (χ3v) is 10.1. The van der Waals surface area contributed by atoms with Gasteiger partial charge in [0.1, 0.15) is 0 Å². The minimum Gasteiger partial charge on any atom is -0.334 e. The van der Waals surface area contributed by atoms with Crippen LogP contribution in [0.2, 0.25) is 0 Å². The van der Waals surface area contributed by atoms with Gasteiger partial charge in [0, 0.05) is 28.4 Å². The zero-order valence-electron chi connectivity index (χ0n) is 28.9. The van der Waals surface area contributed by atoms with Crippen LogP contribution in [-0.4, -0.2) is 6.04 Å². The average Bonchev–Trinajstić information content (AvgIpc) is 3.22. The van der Waals surface area contributed by atoms with Crippen LogP contribution in [0.15, 0.2) is 206 Å². The predicted octanol–water partition coefficient (Wildman–Crippen LogP) is 13.4. The summed E-state index contributed by atoms with van der Waals surface area (Å²) >= 11 is 0. The second-order valence-corrected chi connectivity index (χ2v) is 13.3. The fourth-order valence-electron chi connectivity index (χ4n) is 7.91. The number of rotatable bonds is 8. The average molecular weight is 667 g/mol. The van der Waals surface area contributed by atoms with Crippen LogP contribution in [0.5, 0.6) is 0 Å². The molecule has 0 saturated heterocycles. The molecule has 248 valence electrons. The fraction of sp³-hybridized carbons (Fsp3) is 0.0400. The second-order valence-electron chi connectivity index (χ2n) is 13.3. The van der Waals surface area contributed by atoms with Gasteiger partial charge >= 0.3 is 0 Å². The first-order valence-corrected chi connectivity index (χ1v) is 18.0. The van der Waals surface area contributed by atoms with Crippen LogP contribution < -0.4 is 9.80 Å². The van der Waals surface area contributed by atoms with Gasteiger partial charge in [-0.25, -0.2) is 0 Å². The van der Waals surface area contributed by atoms with Crippen LogP contribution in [0, 0.1) is 0 Å². The van der Waals surface area contributed by atoms with Gasteiger partial charge in [0.05, 0.1) is 6.04 Å². The molecule has 0 amide bonds. The van der Waals surface area contributed by atoms with Gasteiger partial charge in [-0.2, -0.15) is 0 Å². The lowest BCUT2D eigenvalue weighted by molar-refractivity contribution is 0.769. The monoisotopic (exact) mass is 666 g/mol. The summed E-state index contributed by atoms with van der Waals surface area (Å²) in [5, 5.41) is 2.50. The van der Waals surface area contributed by atoms with Crippen LogP contribution in [0.1, 0.15) is 11.1 Å². The maximum atomic E-state index is 2.49. The summed E-state index contributed by atoms with van der Waals surface area (Å²) in [5.74, 6) is 0. The maximum Gasteiger partial charge on any atom is 0.0566 e. The summed E-state index contributed by atoms with van der Waals surface area (Å²) in [5.41, 5.74) is 13.4. The van der Waals surface area contributed by atoms with Gasteiger partial charge in [0.25, 0.3) is 0 Å². The Balaban J connectivity index is 1.31. The first-order valence-electron chi connectivity index (χ1n) is 18.0. The lowest BCUT2D eigenvalue weighted by Crippen LogP contribution is -2.33. The van der Waals surface area contributed by atoms with Gasteiger partial charge in [-0.3, -0.25) is 0 Å². The van der Waals surface area contributed by atoms with Crippen LogP contribution in [0.3, 0.4) is 0 Å². The van der Waals surface area contributed by atoms with Crippen molar-refractivity contribution in [3.63, 3.8) is 0 Å². The molecule has 0 bridgehead atoms. The van der Waals surface area contributed by atoms with Crippen molar-refractivity contribution in [1.82, 2.24) is 0 Å². The van der Waals surface area contributed by atoms with Gasteiger partial charge in [-0.15, -0.1) is 0 Å². The van der Waals surface area contributed by atoms with Crippen molar-refractivity contribution < 1.29 is 0 Å². The van der Waals surface area contributed by atoms with E-state index in [1.165, 1.54) is 55.5 Å². The lowest BCUT2D eigenvalue weighted by Gasteiger charge is -2.36.